The molecule has 3 aromatic rings. The molecule has 0 unspecified atom stereocenters. The van der Waals surface area contributed by atoms with Gasteiger partial charge < -0.3 is 0 Å². The van der Waals surface area contributed by atoms with Crippen molar-refractivity contribution in [3.63, 3.8) is 0 Å². The Bertz CT molecular complexity index is 1140. The molecule has 0 radical (unpaired) electrons. The normalized spacial score (nSPS) is 16.2. The summed E-state index contributed by atoms with van der Waals surface area (Å²) in [6.07, 6.45) is 0.623. The Morgan fingerprint density at radius 2 is 1.45 bits per heavy atom. The van der Waals surface area contributed by atoms with Crippen LogP contribution in [0.2, 0.25) is 0 Å². The van der Waals surface area contributed by atoms with E-state index in [1.165, 1.54) is 10.4 Å². The molecule has 0 aromatic heterocycles. The lowest BCUT2D eigenvalue weighted by Crippen LogP contribution is -2.35. The van der Waals surface area contributed by atoms with Crippen molar-refractivity contribution in [2.24, 2.45) is 0 Å². The lowest BCUT2D eigenvalue weighted by Gasteiger charge is -2.22. The van der Waals surface area contributed by atoms with Gasteiger partial charge in [0.15, 0.2) is 11.6 Å². The highest BCUT2D eigenvalue weighted by atomic mass is 32.2. The zero-order valence-corrected chi connectivity index (χ0v) is 17.9. The van der Waals surface area contributed by atoms with E-state index in [4.69, 9.17) is 0 Å². The molecule has 1 heterocycles. The van der Waals surface area contributed by atoms with Gasteiger partial charge in [-0.3, -0.25) is 4.90 Å². The van der Waals surface area contributed by atoms with Crippen LogP contribution in [0.5, 0.6) is 0 Å². The standard InChI is InChI=1S/C24H24F2N2O2S/c25-23-9-4-8-21(24(23)26)18-27-14-5-15-28(17-16-27)31(29,30)22-12-10-20(11-13-22)19-6-2-1-3-7-19/h1-4,6-13H,5,14-18H2. The van der Waals surface area contributed by atoms with Crippen LogP contribution in [0.1, 0.15) is 12.0 Å². The van der Waals surface area contributed by atoms with Gasteiger partial charge in [-0.15, -0.1) is 0 Å². The quantitative estimate of drug-likeness (QED) is 0.583. The molecular weight excluding hydrogens is 418 g/mol. The fourth-order valence-electron chi connectivity index (χ4n) is 3.86. The van der Waals surface area contributed by atoms with Crippen molar-refractivity contribution in [2.75, 3.05) is 26.2 Å². The third kappa shape index (κ3) is 4.84. The maximum Gasteiger partial charge on any atom is 0.243 e. The molecule has 0 amide bonds. The SMILES string of the molecule is O=S(=O)(c1ccc(-c2ccccc2)cc1)N1CCCN(Cc2cccc(F)c2F)CC1. The van der Waals surface area contributed by atoms with Crippen molar-refractivity contribution >= 4 is 10.0 Å². The van der Waals surface area contributed by atoms with Gasteiger partial charge in [0.2, 0.25) is 10.0 Å². The van der Waals surface area contributed by atoms with Gasteiger partial charge in [-0.05, 0) is 42.3 Å². The van der Waals surface area contributed by atoms with Gasteiger partial charge in [-0.1, -0.05) is 54.6 Å². The van der Waals surface area contributed by atoms with E-state index in [0.29, 0.717) is 32.6 Å². The molecule has 0 atom stereocenters. The summed E-state index contributed by atoms with van der Waals surface area (Å²) < 4.78 is 55.2. The number of sulfonamides is 1. The molecule has 31 heavy (non-hydrogen) atoms. The summed E-state index contributed by atoms with van der Waals surface area (Å²) in [6.45, 7) is 2.03. The summed E-state index contributed by atoms with van der Waals surface area (Å²) in [5.74, 6) is -1.70. The van der Waals surface area contributed by atoms with E-state index in [9.17, 15) is 17.2 Å². The molecule has 162 valence electrons. The molecule has 0 saturated carbocycles. The second-order valence-corrected chi connectivity index (χ2v) is 9.58. The first-order chi connectivity index (χ1) is 14.9. The number of hydrogen-bond donors (Lipinski definition) is 0. The van der Waals surface area contributed by atoms with E-state index < -0.39 is 21.7 Å². The zero-order valence-electron chi connectivity index (χ0n) is 17.0. The number of rotatable bonds is 5. The Morgan fingerprint density at radius 3 is 2.19 bits per heavy atom. The lowest BCUT2D eigenvalue weighted by molar-refractivity contribution is 0.273. The third-order valence-electron chi connectivity index (χ3n) is 5.57. The molecule has 1 saturated heterocycles. The summed E-state index contributed by atoms with van der Waals surface area (Å²) in [5.41, 5.74) is 2.27. The smallest absolute Gasteiger partial charge is 0.243 e. The van der Waals surface area contributed by atoms with Crippen LogP contribution in [0, 0.1) is 11.6 Å². The summed E-state index contributed by atoms with van der Waals surface area (Å²) in [6, 6.07) is 20.9. The van der Waals surface area contributed by atoms with Crippen LogP contribution in [-0.2, 0) is 16.6 Å². The molecular formula is C24H24F2N2O2S. The highest BCUT2D eigenvalue weighted by Gasteiger charge is 2.27. The third-order valence-corrected chi connectivity index (χ3v) is 7.49. The Morgan fingerprint density at radius 1 is 0.742 bits per heavy atom. The average molecular weight is 443 g/mol. The van der Waals surface area contributed by atoms with Crippen molar-refractivity contribution in [2.45, 2.75) is 17.9 Å². The molecule has 7 heteroatoms. The van der Waals surface area contributed by atoms with E-state index in [-0.39, 0.29) is 17.0 Å². The fraction of sp³-hybridized carbons (Fsp3) is 0.250. The van der Waals surface area contributed by atoms with E-state index >= 15 is 0 Å². The van der Waals surface area contributed by atoms with Gasteiger partial charge in [0, 0.05) is 31.7 Å². The molecule has 1 aliphatic heterocycles. The maximum atomic E-state index is 14.0. The van der Waals surface area contributed by atoms with Crippen molar-refractivity contribution < 1.29 is 17.2 Å². The summed E-state index contributed by atoms with van der Waals surface area (Å²) in [7, 11) is -3.62. The first-order valence-corrected chi connectivity index (χ1v) is 11.7. The van der Waals surface area contributed by atoms with Crippen LogP contribution >= 0.6 is 0 Å². The van der Waals surface area contributed by atoms with Gasteiger partial charge in [-0.25, -0.2) is 17.2 Å². The topological polar surface area (TPSA) is 40.6 Å². The molecule has 4 rings (SSSR count). The highest BCUT2D eigenvalue weighted by molar-refractivity contribution is 7.89. The van der Waals surface area contributed by atoms with Gasteiger partial charge in [0.25, 0.3) is 0 Å². The van der Waals surface area contributed by atoms with Crippen LogP contribution in [0.3, 0.4) is 0 Å². The van der Waals surface area contributed by atoms with E-state index in [0.717, 1.165) is 17.2 Å². The van der Waals surface area contributed by atoms with Crippen molar-refractivity contribution in [1.82, 2.24) is 9.21 Å². The largest absolute Gasteiger partial charge is 0.298 e. The Labute approximate surface area is 181 Å². The maximum absolute atomic E-state index is 14.0. The van der Waals surface area contributed by atoms with Crippen LogP contribution in [0.4, 0.5) is 8.78 Å². The minimum absolute atomic E-state index is 0.253. The second kappa shape index (κ2) is 9.26. The average Bonchev–Trinajstić information content (AvgIpc) is 3.04. The predicted octanol–water partition coefficient (Wildman–Crippen LogP) is 4.53. The summed E-state index contributed by atoms with van der Waals surface area (Å²) in [5, 5.41) is 0. The summed E-state index contributed by atoms with van der Waals surface area (Å²) >= 11 is 0. The molecule has 1 fully saturated rings. The van der Waals surface area contributed by atoms with Crippen LogP contribution in [-0.4, -0.2) is 43.8 Å². The number of hydrogen-bond acceptors (Lipinski definition) is 3. The van der Waals surface area contributed by atoms with Crippen LogP contribution < -0.4 is 0 Å². The Kier molecular flexibility index (Phi) is 6.46. The first kappa shape index (κ1) is 21.6. The van der Waals surface area contributed by atoms with Crippen molar-refractivity contribution in [3.8, 4) is 11.1 Å². The van der Waals surface area contributed by atoms with Crippen molar-refractivity contribution in [3.05, 3.63) is 90.0 Å². The molecule has 0 N–H and O–H groups in total. The van der Waals surface area contributed by atoms with E-state index in [2.05, 4.69) is 0 Å². The molecule has 0 aliphatic carbocycles. The second-order valence-electron chi connectivity index (χ2n) is 7.64. The zero-order chi connectivity index (χ0) is 21.8. The monoisotopic (exact) mass is 442 g/mol. The molecule has 3 aromatic carbocycles. The first-order valence-electron chi connectivity index (χ1n) is 10.3. The number of benzene rings is 3. The highest BCUT2D eigenvalue weighted by Crippen LogP contribution is 2.24. The Hall–Kier alpha value is -2.61. The number of halogens is 2. The van der Waals surface area contributed by atoms with Gasteiger partial charge in [0.05, 0.1) is 4.90 Å². The Balaban J connectivity index is 1.45. The minimum atomic E-state index is -3.62. The van der Waals surface area contributed by atoms with Crippen LogP contribution in [0.25, 0.3) is 11.1 Å². The fourth-order valence-corrected chi connectivity index (χ4v) is 5.33. The van der Waals surface area contributed by atoms with E-state index in [1.807, 2.05) is 47.4 Å². The minimum Gasteiger partial charge on any atom is -0.298 e. The van der Waals surface area contributed by atoms with Gasteiger partial charge >= 0.3 is 0 Å². The molecule has 0 bridgehead atoms. The lowest BCUT2D eigenvalue weighted by atomic mass is 10.1. The molecule has 0 spiro atoms. The van der Waals surface area contributed by atoms with Crippen LogP contribution in [0.15, 0.2) is 77.7 Å². The number of nitrogens with zero attached hydrogens (tertiary/aromatic N) is 2. The van der Waals surface area contributed by atoms with E-state index in [1.54, 1.807) is 18.2 Å². The molecule has 1 aliphatic rings. The van der Waals surface area contributed by atoms with Gasteiger partial charge in [-0.2, -0.15) is 4.31 Å². The molecule has 4 nitrogen and oxygen atoms in total. The summed E-state index contributed by atoms with van der Waals surface area (Å²) in [4.78, 5) is 2.23. The van der Waals surface area contributed by atoms with Crippen molar-refractivity contribution in [1.29, 1.82) is 0 Å². The van der Waals surface area contributed by atoms with Gasteiger partial charge in [0.1, 0.15) is 0 Å². The predicted molar refractivity (Wildman–Crippen MR) is 117 cm³/mol.